The van der Waals surface area contributed by atoms with Crippen LogP contribution >= 0.6 is 11.8 Å². The zero-order valence-electron chi connectivity index (χ0n) is 10.2. The van der Waals surface area contributed by atoms with Gasteiger partial charge in [0, 0.05) is 24.6 Å². The van der Waals surface area contributed by atoms with Crippen molar-refractivity contribution in [3.05, 3.63) is 0 Å². The number of amides is 1. The lowest BCUT2D eigenvalue weighted by Crippen LogP contribution is -2.46. The zero-order valence-corrected chi connectivity index (χ0v) is 11.0. The van der Waals surface area contributed by atoms with E-state index in [1.165, 1.54) is 11.8 Å². The second-order valence-electron chi connectivity index (χ2n) is 4.41. The van der Waals surface area contributed by atoms with Gasteiger partial charge < -0.3 is 10.0 Å². The molecule has 0 aromatic rings. The Bertz CT molecular complexity index is 342. The lowest BCUT2D eigenvalue weighted by atomic mass is 10.1. The molecule has 1 N–H and O–H groups in total. The molecule has 0 spiro atoms. The molecule has 1 amide bonds. The number of carboxylic acids is 1. The van der Waals surface area contributed by atoms with Crippen molar-refractivity contribution in [1.29, 1.82) is 0 Å². The Morgan fingerprint density at radius 2 is 1.94 bits per heavy atom. The lowest BCUT2D eigenvalue weighted by molar-refractivity contribution is -0.149. The van der Waals surface area contributed by atoms with Gasteiger partial charge in [-0.25, -0.2) is 4.79 Å². The summed E-state index contributed by atoms with van der Waals surface area (Å²) in [5.74, 6) is -1.42. The summed E-state index contributed by atoms with van der Waals surface area (Å²) in [6.45, 7) is 5.31. The lowest BCUT2D eigenvalue weighted by Gasteiger charge is -2.25. The van der Waals surface area contributed by atoms with E-state index in [0.29, 0.717) is 13.0 Å². The van der Waals surface area contributed by atoms with Crippen LogP contribution in [0.5, 0.6) is 0 Å². The highest BCUT2D eigenvalue weighted by Crippen LogP contribution is 2.30. The molecule has 96 valence electrons. The number of rotatable bonds is 3. The van der Waals surface area contributed by atoms with Crippen molar-refractivity contribution in [3.8, 4) is 0 Å². The number of likely N-dealkylation sites (tertiary alicyclic amines) is 1. The normalized spacial score (nSPS) is 24.1. The predicted molar refractivity (Wildman–Crippen MR) is 64.7 cm³/mol. The first kappa shape index (κ1) is 14.0. The van der Waals surface area contributed by atoms with Crippen molar-refractivity contribution < 1.29 is 19.5 Å². The molecule has 0 aromatic carbocycles. The average molecular weight is 259 g/mol. The zero-order chi connectivity index (χ0) is 13.2. The van der Waals surface area contributed by atoms with Gasteiger partial charge in [-0.3, -0.25) is 9.59 Å². The molecule has 0 aliphatic carbocycles. The average Bonchev–Trinajstić information content (AvgIpc) is 2.58. The highest BCUT2D eigenvalue weighted by atomic mass is 32.2. The van der Waals surface area contributed by atoms with Crippen LogP contribution in [0.15, 0.2) is 0 Å². The van der Waals surface area contributed by atoms with Gasteiger partial charge in [0.25, 0.3) is 0 Å². The van der Waals surface area contributed by atoms with E-state index in [1.54, 1.807) is 13.8 Å². The highest BCUT2D eigenvalue weighted by Gasteiger charge is 2.43. The van der Waals surface area contributed by atoms with E-state index in [-0.39, 0.29) is 22.2 Å². The molecule has 0 saturated carbocycles. The number of carbonyl (C=O) groups is 3. The standard InChI is InChI=1S/C11H17NO4S/c1-6(2)10(14)12-5-4-8(17-7(3)13)9(12)11(15)16/h6,8-9H,4-5H2,1-3H3,(H,15,16)/t8-,9-/m1/s1. The van der Waals surface area contributed by atoms with Crippen LogP contribution in [-0.2, 0) is 14.4 Å². The fourth-order valence-corrected chi connectivity index (χ4v) is 3.01. The van der Waals surface area contributed by atoms with Gasteiger partial charge in [0.05, 0.1) is 0 Å². The van der Waals surface area contributed by atoms with E-state index in [2.05, 4.69) is 0 Å². The molecule has 0 bridgehead atoms. The smallest absolute Gasteiger partial charge is 0.327 e. The van der Waals surface area contributed by atoms with E-state index in [4.69, 9.17) is 0 Å². The van der Waals surface area contributed by atoms with Crippen LogP contribution in [0.2, 0.25) is 0 Å². The van der Waals surface area contributed by atoms with Crippen molar-refractivity contribution in [2.45, 2.75) is 38.5 Å². The Balaban J connectivity index is 2.84. The van der Waals surface area contributed by atoms with E-state index in [1.807, 2.05) is 0 Å². The maximum absolute atomic E-state index is 11.9. The molecule has 5 nitrogen and oxygen atoms in total. The van der Waals surface area contributed by atoms with Crippen molar-refractivity contribution in [3.63, 3.8) is 0 Å². The molecule has 1 aliphatic rings. The summed E-state index contributed by atoms with van der Waals surface area (Å²) in [6, 6.07) is -0.876. The summed E-state index contributed by atoms with van der Waals surface area (Å²) in [5, 5.41) is 8.74. The number of hydrogen-bond donors (Lipinski definition) is 1. The summed E-state index contributed by atoms with van der Waals surface area (Å²) in [6.07, 6.45) is 0.555. The van der Waals surface area contributed by atoms with Crippen LogP contribution in [-0.4, -0.2) is 44.8 Å². The molecule has 1 rings (SSSR count). The number of carboxylic acid groups (broad SMARTS) is 1. The fourth-order valence-electron chi connectivity index (χ4n) is 1.97. The molecule has 0 unspecified atom stereocenters. The van der Waals surface area contributed by atoms with Gasteiger partial charge in [0.2, 0.25) is 5.91 Å². The molecule has 1 heterocycles. The number of hydrogen-bond acceptors (Lipinski definition) is 4. The topological polar surface area (TPSA) is 74.7 Å². The van der Waals surface area contributed by atoms with Crippen LogP contribution in [0.1, 0.15) is 27.2 Å². The summed E-state index contributed by atoms with van der Waals surface area (Å²) in [5.41, 5.74) is 0. The Hall–Kier alpha value is -1.04. The maximum atomic E-state index is 11.9. The van der Waals surface area contributed by atoms with Gasteiger partial charge >= 0.3 is 5.97 Å². The highest BCUT2D eigenvalue weighted by molar-refractivity contribution is 8.14. The van der Waals surface area contributed by atoms with E-state index in [0.717, 1.165) is 11.8 Å². The van der Waals surface area contributed by atoms with Crippen LogP contribution in [0.3, 0.4) is 0 Å². The molecular formula is C11H17NO4S. The van der Waals surface area contributed by atoms with E-state index >= 15 is 0 Å². The minimum atomic E-state index is -1.03. The van der Waals surface area contributed by atoms with Crippen LogP contribution < -0.4 is 0 Å². The van der Waals surface area contributed by atoms with Crippen molar-refractivity contribution >= 4 is 28.8 Å². The minimum Gasteiger partial charge on any atom is -0.480 e. The van der Waals surface area contributed by atoms with Gasteiger partial charge in [-0.05, 0) is 6.42 Å². The Labute approximate surface area is 105 Å². The van der Waals surface area contributed by atoms with Gasteiger partial charge in [0.1, 0.15) is 6.04 Å². The SMILES string of the molecule is CC(=O)S[C@@H]1CCN(C(=O)C(C)C)[C@H]1C(=O)O. The molecule has 0 radical (unpaired) electrons. The Morgan fingerprint density at radius 1 is 1.35 bits per heavy atom. The Morgan fingerprint density at radius 3 is 2.35 bits per heavy atom. The molecule has 1 aliphatic heterocycles. The molecule has 17 heavy (non-hydrogen) atoms. The summed E-state index contributed by atoms with van der Waals surface area (Å²) in [7, 11) is 0. The molecule has 2 atom stereocenters. The van der Waals surface area contributed by atoms with E-state index < -0.39 is 12.0 Å². The van der Waals surface area contributed by atoms with Gasteiger partial charge in [-0.2, -0.15) is 0 Å². The third kappa shape index (κ3) is 3.21. The quantitative estimate of drug-likeness (QED) is 0.817. The van der Waals surface area contributed by atoms with Crippen molar-refractivity contribution in [2.24, 2.45) is 5.92 Å². The molecule has 6 heteroatoms. The molecular weight excluding hydrogens is 242 g/mol. The van der Waals surface area contributed by atoms with Crippen LogP contribution in [0.25, 0.3) is 0 Å². The monoisotopic (exact) mass is 259 g/mol. The third-order valence-electron chi connectivity index (χ3n) is 2.69. The molecule has 1 fully saturated rings. The second-order valence-corrected chi connectivity index (χ2v) is 5.82. The number of nitrogens with zero attached hydrogens (tertiary/aromatic N) is 1. The predicted octanol–water partition coefficient (Wildman–Crippen LogP) is 0.976. The minimum absolute atomic E-state index is 0.111. The summed E-state index contributed by atoms with van der Waals surface area (Å²) >= 11 is 1.02. The van der Waals surface area contributed by atoms with Gasteiger partial charge in [0.15, 0.2) is 5.12 Å². The summed E-state index contributed by atoms with van der Waals surface area (Å²) in [4.78, 5) is 35.5. The molecule has 0 aromatic heterocycles. The van der Waals surface area contributed by atoms with Crippen LogP contribution in [0, 0.1) is 5.92 Å². The largest absolute Gasteiger partial charge is 0.480 e. The number of aliphatic carboxylic acids is 1. The number of thioether (sulfide) groups is 1. The second kappa shape index (κ2) is 5.53. The molecule has 1 saturated heterocycles. The van der Waals surface area contributed by atoms with Crippen LogP contribution in [0.4, 0.5) is 0 Å². The Kier molecular flexibility index (Phi) is 4.56. The van der Waals surface area contributed by atoms with Crippen molar-refractivity contribution in [1.82, 2.24) is 4.90 Å². The van der Waals surface area contributed by atoms with Gasteiger partial charge in [-0.1, -0.05) is 25.6 Å². The fraction of sp³-hybridized carbons (Fsp3) is 0.727. The first-order valence-electron chi connectivity index (χ1n) is 5.55. The van der Waals surface area contributed by atoms with Crippen molar-refractivity contribution in [2.75, 3.05) is 6.54 Å². The first-order chi connectivity index (χ1) is 7.84. The third-order valence-corrected chi connectivity index (χ3v) is 3.82. The first-order valence-corrected chi connectivity index (χ1v) is 6.43. The number of carbonyl (C=O) groups excluding carboxylic acids is 2. The van der Waals surface area contributed by atoms with Gasteiger partial charge in [-0.15, -0.1) is 0 Å². The maximum Gasteiger partial charge on any atom is 0.327 e. The van der Waals surface area contributed by atoms with E-state index in [9.17, 15) is 19.5 Å². The summed E-state index contributed by atoms with van der Waals surface area (Å²) < 4.78 is 0.